The number of imide groups is 1. The lowest BCUT2D eigenvalue weighted by atomic mass is 9.55. The van der Waals surface area contributed by atoms with Crippen LogP contribution >= 0.6 is 0 Å². The first kappa shape index (κ1) is 20.2. The van der Waals surface area contributed by atoms with Crippen LogP contribution in [0.15, 0.2) is 66.7 Å². The van der Waals surface area contributed by atoms with E-state index in [1.807, 2.05) is 43.3 Å². The molecule has 4 heteroatoms. The summed E-state index contributed by atoms with van der Waals surface area (Å²) in [6.07, 6.45) is 1.80. The molecule has 3 aromatic rings. The lowest BCUT2D eigenvalue weighted by Gasteiger charge is -2.46. The highest BCUT2D eigenvalue weighted by atomic mass is 16.5. The number of benzene rings is 3. The number of aryl methyl sites for hydroxylation is 1. The maximum Gasteiger partial charge on any atom is 0.238 e. The van der Waals surface area contributed by atoms with Crippen molar-refractivity contribution in [1.82, 2.24) is 0 Å². The number of anilines is 1. The van der Waals surface area contributed by atoms with E-state index >= 15 is 0 Å². The van der Waals surface area contributed by atoms with Gasteiger partial charge >= 0.3 is 0 Å². The molecule has 2 amide bonds. The lowest BCUT2D eigenvalue weighted by molar-refractivity contribution is -0.122. The molecule has 1 saturated heterocycles. The second kappa shape index (κ2) is 7.58. The molecular weight excluding hydrogens is 410 g/mol. The fraction of sp³-hybridized carbons (Fsp3) is 0.310. The zero-order valence-electron chi connectivity index (χ0n) is 19.0. The van der Waals surface area contributed by atoms with Gasteiger partial charge in [-0.1, -0.05) is 68.4 Å². The molecule has 0 radical (unpaired) electrons. The highest BCUT2D eigenvalue weighted by Crippen LogP contribution is 2.61. The summed E-state index contributed by atoms with van der Waals surface area (Å²) in [6, 6.07) is 22.4. The van der Waals surface area contributed by atoms with Gasteiger partial charge in [-0.05, 0) is 52.8 Å². The van der Waals surface area contributed by atoms with E-state index in [0.717, 1.165) is 12.8 Å². The molecule has 7 rings (SSSR count). The Hall–Kier alpha value is -3.40. The Labute approximate surface area is 194 Å². The molecule has 1 heterocycles. The van der Waals surface area contributed by atoms with E-state index in [4.69, 9.17) is 4.74 Å². The Morgan fingerprint density at radius 3 is 2.03 bits per heavy atom. The second-order valence-corrected chi connectivity index (χ2v) is 9.28. The largest absolute Gasteiger partial charge is 0.491 e. The molecule has 1 fully saturated rings. The van der Waals surface area contributed by atoms with Crippen molar-refractivity contribution in [2.45, 2.75) is 38.5 Å². The SMILES string of the molecule is CCCOc1ccccc1N1C(=O)[C@@H]2[C@@H]3c4ccccc4[C@H](c4cc(CC)ccc43)[C@H]2C1=O. The second-order valence-electron chi connectivity index (χ2n) is 9.28. The Bertz CT molecular complexity index is 1280. The smallest absolute Gasteiger partial charge is 0.238 e. The van der Waals surface area contributed by atoms with Crippen molar-refractivity contribution in [3.63, 3.8) is 0 Å². The maximum absolute atomic E-state index is 14.0. The van der Waals surface area contributed by atoms with Crippen LogP contribution in [0.2, 0.25) is 0 Å². The van der Waals surface area contributed by atoms with Gasteiger partial charge in [0.15, 0.2) is 0 Å². The van der Waals surface area contributed by atoms with Crippen LogP contribution < -0.4 is 9.64 Å². The zero-order chi connectivity index (χ0) is 22.7. The molecule has 3 aromatic carbocycles. The molecule has 4 nitrogen and oxygen atoms in total. The summed E-state index contributed by atoms with van der Waals surface area (Å²) in [6.45, 7) is 4.74. The van der Waals surface area contributed by atoms with Gasteiger partial charge in [-0.15, -0.1) is 0 Å². The monoisotopic (exact) mass is 437 g/mol. The van der Waals surface area contributed by atoms with E-state index < -0.39 is 0 Å². The van der Waals surface area contributed by atoms with Gasteiger partial charge in [0.25, 0.3) is 0 Å². The first-order valence-corrected chi connectivity index (χ1v) is 12.0. The van der Waals surface area contributed by atoms with Gasteiger partial charge in [0.1, 0.15) is 5.75 Å². The molecule has 0 N–H and O–H groups in total. The molecule has 33 heavy (non-hydrogen) atoms. The van der Waals surface area contributed by atoms with Crippen molar-refractivity contribution >= 4 is 17.5 Å². The van der Waals surface area contributed by atoms with Gasteiger partial charge in [0.2, 0.25) is 11.8 Å². The van der Waals surface area contributed by atoms with E-state index in [-0.39, 0.29) is 35.5 Å². The molecular formula is C29H27NO3. The van der Waals surface area contributed by atoms with Crippen LogP contribution in [0.1, 0.15) is 59.9 Å². The van der Waals surface area contributed by atoms with Crippen LogP contribution in [0.3, 0.4) is 0 Å². The number of amides is 2. The summed E-state index contributed by atoms with van der Waals surface area (Å²) in [5.41, 5.74) is 6.65. The van der Waals surface area contributed by atoms with Gasteiger partial charge in [-0.25, -0.2) is 4.90 Å². The summed E-state index contributed by atoms with van der Waals surface area (Å²) < 4.78 is 5.93. The first-order valence-electron chi connectivity index (χ1n) is 12.0. The number of rotatable bonds is 5. The van der Waals surface area contributed by atoms with Crippen LogP contribution in [0, 0.1) is 11.8 Å². The average molecular weight is 438 g/mol. The van der Waals surface area contributed by atoms with Gasteiger partial charge in [0.05, 0.1) is 24.1 Å². The number of carbonyl (C=O) groups is 2. The third-order valence-electron chi connectivity index (χ3n) is 7.58. The summed E-state index contributed by atoms with van der Waals surface area (Å²) in [7, 11) is 0. The molecule has 0 saturated carbocycles. The summed E-state index contributed by atoms with van der Waals surface area (Å²) >= 11 is 0. The Morgan fingerprint density at radius 1 is 0.758 bits per heavy atom. The van der Waals surface area contributed by atoms with E-state index in [9.17, 15) is 9.59 Å². The van der Waals surface area contributed by atoms with Gasteiger partial charge < -0.3 is 4.74 Å². The van der Waals surface area contributed by atoms with Crippen molar-refractivity contribution in [3.05, 3.63) is 94.5 Å². The summed E-state index contributed by atoms with van der Waals surface area (Å²) in [4.78, 5) is 29.4. The molecule has 4 atom stereocenters. The van der Waals surface area contributed by atoms with E-state index in [1.54, 1.807) is 0 Å². The van der Waals surface area contributed by atoms with Crippen molar-refractivity contribution in [3.8, 4) is 5.75 Å². The quantitative estimate of drug-likeness (QED) is 0.500. The Balaban J connectivity index is 1.52. The number of hydrogen-bond acceptors (Lipinski definition) is 3. The van der Waals surface area contributed by atoms with Gasteiger partial charge in [-0.3, -0.25) is 9.59 Å². The Morgan fingerprint density at radius 2 is 1.36 bits per heavy atom. The minimum atomic E-state index is -0.378. The molecule has 2 bridgehead atoms. The van der Waals surface area contributed by atoms with E-state index in [2.05, 4.69) is 37.3 Å². The highest BCUT2D eigenvalue weighted by molar-refractivity contribution is 6.24. The van der Waals surface area contributed by atoms with E-state index in [0.29, 0.717) is 18.0 Å². The van der Waals surface area contributed by atoms with Gasteiger partial charge in [-0.2, -0.15) is 0 Å². The van der Waals surface area contributed by atoms with Crippen LogP contribution in [0.4, 0.5) is 5.69 Å². The van der Waals surface area contributed by atoms with Crippen LogP contribution in [0.5, 0.6) is 5.75 Å². The maximum atomic E-state index is 14.0. The zero-order valence-corrected chi connectivity index (χ0v) is 19.0. The fourth-order valence-corrected chi connectivity index (χ4v) is 6.21. The first-order chi connectivity index (χ1) is 16.2. The predicted octanol–water partition coefficient (Wildman–Crippen LogP) is 5.43. The Kier molecular flexibility index (Phi) is 4.65. The third kappa shape index (κ3) is 2.76. The normalized spacial score (nSPS) is 24.5. The van der Waals surface area contributed by atoms with Crippen LogP contribution in [-0.2, 0) is 16.0 Å². The molecule has 3 aliphatic carbocycles. The molecule has 0 aromatic heterocycles. The summed E-state index contributed by atoms with van der Waals surface area (Å²) in [5.74, 6) is -0.560. The van der Waals surface area contributed by atoms with Crippen molar-refractivity contribution in [2.24, 2.45) is 11.8 Å². The molecule has 0 spiro atoms. The molecule has 166 valence electrons. The number of ether oxygens (including phenoxy) is 1. The van der Waals surface area contributed by atoms with Crippen LogP contribution in [-0.4, -0.2) is 18.4 Å². The number of nitrogens with zero attached hydrogens (tertiary/aromatic N) is 1. The van der Waals surface area contributed by atoms with E-state index in [1.165, 1.54) is 32.7 Å². The number of hydrogen-bond donors (Lipinski definition) is 0. The lowest BCUT2D eigenvalue weighted by Crippen LogP contribution is -2.41. The standard InChI is InChI=1S/C29H27NO3/c1-3-15-33-23-12-8-7-11-22(23)30-28(31)26-24-18-9-5-6-10-19(18)25(27(26)29(30)32)21-16-17(4-2)13-14-20(21)24/h5-14,16,24-27H,3-4,15H2,1-2H3/t24-,25-,26-,27-/m1/s1. The fourth-order valence-electron chi connectivity index (χ4n) is 6.21. The number of para-hydroxylation sites is 2. The minimum absolute atomic E-state index is 0.0946. The van der Waals surface area contributed by atoms with Crippen molar-refractivity contribution in [1.29, 1.82) is 0 Å². The van der Waals surface area contributed by atoms with Crippen molar-refractivity contribution in [2.75, 3.05) is 11.5 Å². The van der Waals surface area contributed by atoms with Gasteiger partial charge in [0, 0.05) is 11.8 Å². The average Bonchev–Trinajstić information content (AvgIpc) is 3.12. The molecule has 0 unspecified atom stereocenters. The van der Waals surface area contributed by atoms with Crippen molar-refractivity contribution < 1.29 is 14.3 Å². The third-order valence-corrected chi connectivity index (χ3v) is 7.58. The predicted molar refractivity (Wildman–Crippen MR) is 128 cm³/mol. The summed E-state index contributed by atoms with van der Waals surface area (Å²) in [5, 5.41) is 0. The highest BCUT2D eigenvalue weighted by Gasteiger charge is 2.62. The van der Waals surface area contributed by atoms with Crippen LogP contribution in [0.25, 0.3) is 0 Å². The minimum Gasteiger partial charge on any atom is -0.491 e. The molecule has 4 aliphatic rings. The topological polar surface area (TPSA) is 46.6 Å². The number of carbonyl (C=O) groups excluding carboxylic acids is 2. The molecule has 1 aliphatic heterocycles.